The zero-order valence-electron chi connectivity index (χ0n) is 12.1. The van der Waals surface area contributed by atoms with Gasteiger partial charge in [0.2, 0.25) is 0 Å². The molecule has 18 heavy (non-hydrogen) atoms. The Morgan fingerprint density at radius 2 is 2.11 bits per heavy atom. The van der Waals surface area contributed by atoms with Crippen LogP contribution in [0.25, 0.3) is 0 Å². The molecule has 0 amide bonds. The van der Waals surface area contributed by atoms with E-state index < -0.39 is 0 Å². The minimum Gasteiger partial charge on any atom is -0.314 e. The van der Waals surface area contributed by atoms with E-state index in [0.717, 1.165) is 36.6 Å². The first kappa shape index (κ1) is 15.5. The van der Waals surface area contributed by atoms with Crippen LogP contribution in [0.1, 0.15) is 51.4 Å². The summed E-state index contributed by atoms with van der Waals surface area (Å²) in [6.45, 7) is 10.5. The third-order valence-electron chi connectivity index (χ3n) is 3.25. The number of halogens is 1. The molecule has 0 radical (unpaired) electrons. The first-order chi connectivity index (χ1) is 8.60. The minimum atomic E-state index is 0.586. The first-order valence-corrected chi connectivity index (χ1v) is 7.43. The molecule has 4 heteroatoms. The highest BCUT2D eigenvalue weighted by molar-refractivity contribution is 6.31. The van der Waals surface area contributed by atoms with Crippen LogP contribution in [0, 0.1) is 6.92 Å². The van der Waals surface area contributed by atoms with Crippen LogP contribution in [0.4, 0.5) is 0 Å². The van der Waals surface area contributed by atoms with Crippen LogP contribution in [0.2, 0.25) is 5.02 Å². The van der Waals surface area contributed by atoms with Crippen molar-refractivity contribution in [3.05, 3.63) is 16.4 Å². The second kappa shape index (κ2) is 7.80. The Labute approximate surface area is 116 Å². The van der Waals surface area contributed by atoms with Gasteiger partial charge in [0.1, 0.15) is 0 Å². The van der Waals surface area contributed by atoms with Gasteiger partial charge in [-0.15, -0.1) is 0 Å². The molecule has 0 aliphatic heterocycles. The summed E-state index contributed by atoms with van der Waals surface area (Å²) in [5.74, 6) is 0. The monoisotopic (exact) mass is 271 g/mol. The average molecular weight is 272 g/mol. The molecule has 1 atom stereocenters. The predicted molar refractivity (Wildman–Crippen MR) is 78.3 cm³/mol. The molecule has 1 aromatic heterocycles. The molecule has 0 bridgehead atoms. The van der Waals surface area contributed by atoms with Gasteiger partial charge in [-0.1, -0.05) is 18.5 Å². The Balaban J connectivity index is 2.43. The van der Waals surface area contributed by atoms with E-state index in [0.29, 0.717) is 6.04 Å². The van der Waals surface area contributed by atoms with Crippen molar-refractivity contribution in [3.63, 3.8) is 0 Å². The topological polar surface area (TPSA) is 29.9 Å². The lowest BCUT2D eigenvalue weighted by atomic mass is 10.1. The summed E-state index contributed by atoms with van der Waals surface area (Å²) in [5, 5.41) is 8.81. The van der Waals surface area contributed by atoms with Crippen LogP contribution in [-0.4, -0.2) is 22.4 Å². The smallest absolute Gasteiger partial charge is 0.0847 e. The third kappa shape index (κ3) is 4.29. The van der Waals surface area contributed by atoms with Gasteiger partial charge in [0, 0.05) is 12.6 Å². The average Bonchev–Trinajstić information content (AvgIpc) is 2.63. The fourth-order valence-corrected chi connectivity index (χ4v) is 2.41. The van der Waals surface area contributed by atoms with Gasteiger partial charge in [0.15, 0.2) is 0 Å². The first-order valence-electron chi connectivity index (χ1n) is 7.05. The van der Waals surface area contributed by atoms with Crippen molar-refractivity contribution in [2.45, 2.75) is 66.0 Å². The van der Waals surface area contributed by atoms with E-state index >= 15 is 0 Å². The van der Waals surface area contributed by atoms with E-state index in [-0.39, 0.29) is 0 Å². The van der Waals surface area contributed by atoms with Gasteiger partial charge in [-0.25, -0.2) is 0 Å². The zero-order chi connectivity index (χ0) is 13.5. The lowest BCUT2D eigenvalue weighted by Crippen LogP contribution is -2.26. The van der Waals surface area contributed by atoms with Gasteiger partial charge in [0.25, 0.3) is 0 Å². The van der Waals surface area contributed by atoms with Crippen molar-refractivity contribution < 1.29 is 0 Å². The van der Waals surface area contributed by atoms with E-state index in [1.807, 2.05) is 11.6 Å². The Hall–Kier alpha value is -0.540. The summed E-state index contributed by atoms with van der Waals surface area (Å²) < 4.78 is 2.03. The predicted octanol–water partition coefficient (Wildman–Crippen LogP) is 3.58. The molecule has 0 spiro atoms. The molecule has 0 fully saturated rings. The molecule has 0 aliphatic rings. The summed E-state index contributed by atoms with van der Waals surface area (Å²) >= 11 is 6.29. The Bertz CT molecular complexity index is 360. The highest BCUT2D eigenvalue weighted by Crippen LogP contribution is 2.22. The summed E-state index contributed by atoms with van der Waals surface area (Å²) in [5.41, 5.74) is 2.14. The molecule has 1 heterocycles. The second-order valence-corrected chi connectivity index (χ2v) is 5.29. The van der Waals surface area contributed by atoms with Crippen molar-refractivity contribution in [2.75, 3.05) is 6.54 Å². The maximum absolute atomic E-state index is 6.29. The molecule has 1 unspecified atom stereocenters. The fraction of sp³-hybridized carbons (Fsp3) is 0.786. The normalized spacial score (nSPS) is 12.9. The molecular weight excluding hydrogens is 246 g/mol. The van der Waals surface area contributed by atoms with E-state index in [4.69, 9.17) is 11.6 Å². The number of nitrogens with one attached hydrogen (secondary N) is 1. The van der Waals surface area contributed by atoms with Crippen LogP contribution < -0.4 is 5.32 Å². The van der Waals surface area contributed by atoms with Crippen molar-refractivity contribution >= 4 is 11.6 Å². The quantitative estimate of drug-likeness (QED) is 0.783. The number of rotatable bonds is 8. The number of nitrogens with zero attached hydrogens (tertiary/aromatic N) is 2. The van der Waals surface area contributed by atoms with E-state index in [1.165, 1.54) is 18.5 Å². The van der Waals surface area contributed by atoms with Gasteiger partial charge in [-0.05, 0) is 53.0 Å². The molecular formula is C14H26ClN3. The molecule has 0 saturated carbocycles. The van der Waals surface area contributed by atoms with Gasteiger partial charge < -0.3 is 5.32 Å². The maximum Gasteiger partial charge on any atom is 0.0847 e. The van der Waals surface area contributed by atoms with E-state index in [2.05, 4.69) is 31.2 Å². The zero-order valence-corrected chi connectivity index (χ0v) is 12.8. The Kier molecular flexibility index (Phi) is 6.72. The molecule has 1 aromatic rings. The third-order valence-corrected chi connectivity index (χ3v) is 3.74. The molecule has 1 N–H and O–H groups in total. The van der Waals surface area contributed by atoms with Gasteiger partial charge in [-0.2, -0.15) is 5.10 Å². The lowest BCUT2D eigenvalue weighted by Gasteiger charge is -2.13. The fourth-order valence-electron chi connectivity index (χ4n) is 2.18. The molecule has 104 valence electrons. The maximum atomic E-state index is 6.29. The number of hydrogen-bond donors (Lipinski definition) is 1. The highest BCUT2D eigenvalue weighted by Gasteiger charge is 2.12. The second-order valence-electron chi connectivity index (χ2n) is 4.91. The lowest BCUT2D eigenvalue weighted by molar-refractivity contribution is 0.491. The van der Waals surface area contributed by atoms with Crippen LogP contribution >= 0.6 is 11.6 Å². The summed E-state index contributed by atoms with van der Waals surface area (Å²) in [6.07, 6.45) is 4.55. The largest absolute Gasteiger partial charge is 0.314 e. The van der Waals surface area contributed by atoms with Gasteiger partial charge >= 0.3 is 0 Å². The summed E-state index contributed by atoms with van der Waals surface area (Å²) in [7, 11) is 0. The molecule has 0 aromatic carbocycles. The number of aryl methyl sites for hydroxylation is 2. The van der Waals surface area contributed by atoms with Crippen LogP contribution in [-0.2, 0) is 13.0 Å². The standard InChI is InChI=1S/C14H26ClN3/c1-5-10-16-11(3)8-7-9-13-14(15)12(4)17-18(13)6-2/h11,16H,5-10H2,1-4H3. The van der Waals surface area contributed by atoms with Crippen LogP contribution in [0.15, 0.2) is 0 Å². The Morgan fingerprint density at radius 1 is 1.39 bits per heavy atom. The SMILES string of the molecule is CCCNC(C)CCCc1c(Cl)c(C)nn1CC. The Morgan fingerprint density at radius 3 is 2.72 bits per heavy atom. The summed E-state index contributed by atoms with van der Waals surface area (Å²) in [4.78, 5) is 0. The van der Waals surface area contributed by atoms with Gasteiger partial charge in [0.05, 0.1) is 16.4 Å². The highest BCUT2D eigenvalue weighted by atomic mass is 35.5. The van der Waals surface area contributed by atoms with Gasteiger partial charge in [-0.3, -0.25) is 4.68 Å². The van der Waals surface area contributed by atoms with Crippen molar-refractivity contribution in [1.29, 1.82) is 0 Å². The van der Waals surface area contributed by atoms with E-state index in [1.54, 1.807) is 0 Å². The van der Waals surface area contributed by atoms with Crippen LogP contribution in [0.3, 0.4) is 0 Å². The minimum absolute atomic E-state index is 0.586. The molecule has 3 nitrogen and oxygen atoms in total. The summed E-state index contributed by atoms with van der Waals surface area (Å²) in [6, 6.07) is 0.586. The van der Waals surface area contributed by atoms with E-state index in [9.17, 15) is 0 Å². The molecule has 1 rings (SSSR count). The van der Waals surface area contributed by atoms with Crippen molar-refractivity contribution in [2.24, 2.45) is 0 Å². The van der Waals surface area contributed by atoms with Crippen molar-refractivity contribution in [1.82, 2.24) is 15.1 Å². The molecule has 0 saturated heterocycles. The van der Waals surface area contributed by atoms with Crippen LogP contribution in [0.5, 0.6) is 0 Å². The van der Waals surface area contributed by atoms with Crippen molar-refractivity contribution in [3.8, 4) is 0 Å². The number of hydrogen-bond acceptors (Lipinski definition) is 2. The molecule has 0 aliphatic carbocycles. The number of aromatic nitrogens is 2.